The molecular formula is C40H50ClN7O4. The highest BCUT2D eigenvalue weighted by molar-refractivity contribution is 6.31. The molecule has 12 heteroatoms. The van der Waals surface area contributed by atoms with Crippen molar-refractivity contribution < 1.29 is 19.1 Å². The van der Waals surface area contributed by atoms with Crippen LogP contribution in [0.4, 0.5) is 4.79 Å². The molecule has 0 spiro atoms. The fourth-order valence-electron chi connectivity index (χ4n) is 7.79. The zero-order chi connectivity index (χ0) is 37.3. The Morgan fingerprint density at radius 3 is 1.98 bits per heavy atom. The zero-order valence-corrected chi connectivity index (χ0v) is 31.8. The number of likely N-dealkylation sites (tertiary alicyclic amines) is 2. The van der Waals surface area contributed by atoms with Crippen molar-refractivity contribution in [2.24, 2.45) is 11.8 Å². The van der Waals surface area contributed by atoms with E-state index < -0.39 is 12.1 Å². The van der Waals surface area contributed by atoms with Gasteiger partial charge in [0.2, 0.25) is 11.8 Å². The van der Waals surface area contributed by atoms with Crippen LogP contribution in [0.2, 0.25) is 5.15 Å². The molecule has 4 aromatic rings. The highest BCUT2D eigenvalue weighted by atomic mass is 35.5. The summed E-state index contributed by atoms with van der Waals surface area (Å²) in [5.41, 5.74) is 5.63. The number of nitrogens with zero attached hydrogens (tertiary/aromatic N) is 4. The summed E-state index contributed by atoms with van der Waals surface area (Å²) >= 11 is 6.72. The van der Waals surface area contributed by atoms with E-state index >= 15 is 0 Å². The van der Waals surface area contributed by atoms with E-state index in [2.05, 4.69) is 77.4 Å². The Kier molecular flexibility index (Phi) is 11.1. The van der Waals surface area contributed by atoms with E-state index in [1.54, 1.807) is 0 Å². The summed E-state index contributed by atoms with van der Waals surface area (Å²) in [5, 5.41) is 3.01. The number of methoxy groups -OCH3 is 1. The molecule has 2 aromatic heterocycles. The Morgan fingerprint density at radius 2 is 1.40 bits per heavy atom. The fraction of sp³-hybridized carbons (Fsp3) is 0.475. The van der Waals surface area contributed by atoms with Gasteiger partial charge in [-0.2, -0.15) is 0 Å². The quantitative estimate of drug-likeness (QED) is 0.150. The molecule has 2 fully saturated rings. The summed E-state index contributed by atoms with van der Waals surface area (Å²) in [6.07, 6.45) is 4.66. The van der Waals surface area contributed by atoms with Gasteiger partial charge in [0, 0.05) is 24.1 Å². The third-order valence-corrected chi connectivity index (χ3v) is 11.5. The topological polar surface area (TPSA) is 136 Å². The Labute approximate surface area is 310 Å². The van der Waals surface area contributed by atoms with Crippen LogP contribution in [0.25, 0.3) is 33.6 Å². The van der Waals surface area contributed by atoms with E-state index in [1.807, 2.05) is 48.9 Å². The van der Waals surface area contributed by atoms with E-state index in [0.29, 0.717) is 35.4 Å². The number of carbonyl (C=O) groups is 3. The predicted molar refractivity (Wildman–Crippen MR) is 202 cm³/mol. The molecule has 52 heavy (non-hydrogen) atoms. The maximum atomic E-state index is 13.7. The van der Waals surface area contributed by atoms with Crippen molar-refractivity contribution in [1.82, 2.24) is 35.1 Å². The minimum absolute atomic E-state index is 0.0366. The zero-order valence-electron chi connectivity index (χ0n) is 31.1. The fourth-order valence-corrected chi connectivity index (χ4v) is 8.04. The molecule has 0 saturated carbocycles. The Bertz CT molecular complexity index is 1890. The predicted octanol–water partition coefficient (Wildman–Crippen LogP) is 8.32. The van der Waals surface area contributed by atoms with Gasteiger partial charge in [-0.1, -0.05) is 87.8 Å². The lowest BCUT2D eigenvalue weighted by Crippen LogP contribution is -2.50. The molecule has 4 heterocycles. The molecular weight excluding hydrogens is 678 g/mol. The second-order valence-electron chi connectivity index (χ2n) is 14.5. The highest BCUT2D eigenvalue weighted by Gasteiger charge is 2.44. The Morgan fingerprint density at radius 1 is 0.846 bits per heavy atom. The number of hydrogen-bond acceptors (Lipinski definition) is 6. The summed E-state index contributed by atoms with van der Waals surface area (Å²) in [4.78, 5) is 58.8. The number of nitrogens with one attached hydrogen (secondary N) is 3. The highest BCUT2D eigenvalue weighted by Crippen LogP contribution is 2.42. The van der Waals surface area contributed by atoms with E-state index in [4.69, 9.17) is 21.3 Å². The average molecular weight is 728 g/mol. The first-order chi connectivity index (χ1) is 24.9. The summed E-state index contributed by atoms with van der Waals surface area (Å²) in [7, 11) is 1.28. The number of hydrogen-bond donors (Lipinski definition) is 3. The molecule has 0 unspecified atom stereocenters. The van der Waals surface area contributed by atoms with Crippen molar-refractivity contribution >= 4 is 29.5 Å². The van der Waals surface area contributed by atoms with Crippen molar-refractivity contribution in [3.8, 4) is 33.6 Å². The minimum Gasteiger partial charge on any atom is -0.453 e. The lowest BCUT2D eigenvalue weighted by Gasteiger charge is -2.31. The second-order valence-corrected chi connectivity index (χ2v) is 14.8. The standard InChI is InChI=1S/C40H50ClN7O4/c1-8-10-34(49)47-24(5)22(3)19-32(47)37-42-21-31(43-37)28-15-11-26(12-16-28)27-13-17-29(18-14-27)35-36(41)46-38(45-35)33-20-23(4)25(6)48(33)39(50)30(9-2)44-40(51)52-7/h11-18,21-25,30,32-33H,8-10,19-20H2,1-7H3,(H,42,43)(H,44,51)(H,45,46)/t22-,23-,24+,25+,30+,32+,33+/m1/s1. The third-order valence-electron chi connectivity index (χ3n) is 11.2. The molecule has 276 valence electrons. The maximum Gasteiger partial charge on any atom is 0.407 e. The number of H-pyrrole nitrogens is 2. The lowest BCUT2D eigenvalue weighted by atomic mass is 10.0. The summed E-state index contributed by atoms with van der Waals surface area (Å²) < 4.78 is 4.75. The SMILES string of the molecule is CCCC(=O)N1[C@H](c2ncc(-c3ccc(-c4ccc(-c5[nH]c([C@@H]6C[C@@H](C)[C@H](C)N6C(=O)[C@H](CC)NC(=O)OC)nc5Cl)cc4)cc3)[nH]2)C[C@@H](C)[C@@H]1C. The minimum atomic E-state index is -0.704. The number of benzene rings is 2. The maximum absolute atomic E-state index is 13.7. The average Bonchev–Trinajstić information content (AvgIpc) is 3.92. The van der Waals surface area contributed by atoms with Crippen molar-refractivity contribution in [3.63, 3.8) is 0 Å². The van der Waals surface area contributed by atoms with Crippen LogP contribution < -0.4 is 5.32 Å². The van der Waals surface area contributed by atoms with Crippen LogP contribution in [0.15, 0.2) is 54.7 Å². The summed E-state index contributed by atoms with van der Waals surface area (Å²) in [5.74, 6) is 2.12. The molecule has 2 aliphatic rings. The normalized spacial score (nSPS) is 23.5. The van der Waals surface area contributed by atoms with E-state index in [0.717, 1.165) is 53.0 Å². The molecule has 7 atom stereocenters. The largest absolute Gasteiger partial charge is 0.453 e. The third kappa shape index (κ3) is 7.20. The van der Waals surface area contributed by atoms with Crippen LogP contribution in [0.3, 0.4) is 0 Å². The van der Waals surface area contributed by atoms with Gasteiger partial charge in [0.1, 0.15) is 17.7 Å². The molecule has 6 rings (SSSR count). The molecule has 0 radical (unpaired) electrons. The Hall–Kier alpha value is -4.64. The molecule has 2 aliphatic heterocycles. The smallest absolute Gasteiger partial charge is 0.407 e. The summed E-state index contributed by atoms with van der Waals surface area (Å²) in [6, 6.07) is 15.6. The van der Waals surface area contributed by atoms with Gasteiger partial charge in [-0.3, -0.25) is 9.59 Å². The first kappa shape index (κ1) is 37.1. The molecule has 3 N–H and O–H groups in total. The van der Waals surface area contributed by atoms with Gasteiger partial charge in [0.25, 0.3) is 0 Å². The molecule has 3 amide bonds. The van der Waals surface area contributed by atoms with Gasteiger partial charge >= 0.3 is 6.09 Å². The number of amides is 3. The van der Waals surface area contributed by atoms with Crippen molar-refractivity contribution in [3.05, 3.63) is 71.5 Å². The number of rotatable bonds is 10. The Balaban J connectivity index is 1.16. The van der Waals surface area contributed by atoms with Gasteiger partial charge in [-0.25, -0.2) is 14.8 Å². The van der Waals surface area contributed by atoms with Crippen LogP contribution in [-0.2, 0) is 14.3 Å². The van der Waals surface area contributed by atoms with Crippen molar-refractivity contribution in [2.75, 3.05) is 7.11 Å². The first-order valence-corrected chi connectivity index (χ1v) is 18.8. The number of carbonyl (C=O) groups excluding carboxylic acids is 3. The number of halogens is 1. The second kappa shape index (κ2) is 15.5. The molecule has 0 aliphatic carbocycles. The van der Waals surface area contributed by atoms with Gasteiger partial charge in [-0.05, 0) is 68.1 Å². The van der Waals surface area contributed by atoms with Crippen molar-refractivity contribution in [2.45, 2.75) is 104 Å². The van der Waals surface area contributed by atoms with Gasteiger partial charge < -0.3 is 29.8 Å². The number of aromatic amines is 2. The van der Waals surface area contributed by atoms with E-state index in [1.165, 1.54) is 7.11 Å². The first-order valence-electron chi connectivity index (χ1n) is 18.4. The van der Waals surface area contributed by atoms with Crippen LogP contribution in [0.5, 0.6) is 0 Å². The molecule has 2 aromatic carbocycles. The van der Waals surface area contributed by atoms with Crippen LogP contribution in [0, 0.1) is 11.8 Å². The number of alkyl carbamates (subject to hydrolysis) is 1. The molecule has 2 saturated heterocycles. The monoisotopic (exact) mass is 727 g/mol. The number of aromatic nitrogens is 4. The van der Waals surface area contributed by atoms with Gasteiger partial charge in [-0.15, -0.1) is 0 Å². The van der Waals surface area contributed by atoms with E-state index in [9.17, 15) is 14.4 Å². The van der Waals surface area contributed by atoms with Crippen LogP contribution in [-0.4, -0.2) is 72.9 Å². The summed E-state index contributed by atoms with van der Waals surface area (Å²) in [6.45, 7) is 12.4. The van der Waals surface area contributed by atoms with Crippen LogP contribution in [0.1, 0.15) is 97.4 Å². The lowest BCUT2D eigenvalue weighted by molar-refractivity contribution is -0.136. The van der Waals surface area contributed by atoms with Crippen molar-refractivity contribution in [1.29, 1.82) is 0 Å². The molecule has 0 bridgehead atoms. The van der Waals surface area contributed by atoms with E-state index in [-0.39, 0.29) is 41.9 Å². The van der Waals surface area contributed by atoms with Gasteiger partial charge in [0.15, 0.2) is 5.15 Å². The number of imidazole rings is 2. The van der Waals surface area contributed by atoms with Crippen LogP contribution >= 0.6 is 11.6 Å². The molecule has 11 nitrogen and oxygen atoms in total. The number of ether oxygens (including phenoxy) is 1. The van der Waals surface area contributed by atoms with Gasteiger partial charge in [0.05, 0.1) is 36.8 Å².